The fourth-order valence-electron chi connectivity index (χ4n) is 5.52. The molecule has 0 spiro atoms. The third-order valence-corrected chi connectivity index (χ3v) is 24.8. The van der Waals surface area contributed by atoms with Gasteiger partial charge in [-0.1, -0.05) is 0 Å². The Hall–Kier alpha value is -0.920. The van der Waals surface area contributed by atoms with Gasteiger partial charge >= 0.3 is 212 Å². The van der Waals surface area contributed by atoms with E-state index in [0.29, 0.717) is 0 Å². The Labute approximate surface area is 234 Å². The molecule has 36 heavy (non-hydrogen) atoms. The molecule has 0 unspecified atom stereocenters. The van der Waals surface area contributed by atoms with Crippen LogP contribution < -0.4 is 0 Å². The summed E-state index contributed by atoms with van der Waals surface area (Å²) in [5.74, 6) is 0. The molecule has 2 aromatic carbocycles. The largest absolute Gasteiger partial charge is 0.147 e. The second-order valence-electron chi connectivity index (χ2n) is 13.4. The van der Waals surface area contributed by atoms with Crippen LogP contribution in [-0.4, -0.2) is 6.88 Å². The van der Waals surface area contributed by atoms with E-state index in [4.69, 9.17) is 0 Å². The van der Waals surface area contributed by atoms with Crippen LogP contribution in [0.2, 0.25) is 9.26 Å². The molecule has 4 rings (SSSR count). The van der Waals surface area contributed by atoms with E-state index in [0.717, 1.165) is 12.8 Å². The molecule has 2 aliphatic rings. The van der Waals surface area contributed by atoms with Crippen molar-refractivity contribution in [2.75, 3.05) is 0 Å². The van der Waals surface area contributed by atoms with Crippen molar-refractivity contribution >= 4 is 42.8 Å². The first-order chi connectivity index (χ1) is 15.7. The molecule has 0 radical (unpaired) electrons. The summed E-state index contributed by atoms with van der Waals surface area (Å²) in [6, 6.07) is 22.3. The summed E-state index contributed by atoms with van der Waals surface area (Å²) in [5, 5.41) is 0. The topological polar surface area (TPSA) is 0 Å². The summed E-state index contributed by atoms with van der Waals surface area (Å²) in [6.07, 6.45) is 7.36. The summed E-state index contributed by atoms with van der Waals surface area (Å²) < 4.78 is 8.94. The van der Waals surface area contributed by atoms with Gasteiger partial charge in [0.25, 0.3) is 0 Å². The van der Waals surface area contributed by atoms with Crippen LogP contribution in [-0.2, 0) is 17.4 Å². The zero-order valence-corrected chi connectivity index (χ0v) is 28.9. The van der Waals surface area contributed by atoms with Crippen molar-refractivity contribution in [3.05, 3.63) is 102 Å². The SMILES string of the molecule is CC(C)(C)C1=CC(c2ccccc2)=[C]([Zr]([CH3])([CH3])(=[SiH2])[C]2=C(c3ccccc3)C=C(C(C)(C)C)C2)C1.Cl.Cl. The third kappa shape index (κ3) is 6.04. The first-order valence-corrected chi connectivity index (χ1v) is 26.0. The molecular weight excluding hydrogens is 575 g/mol. The van der Waals surface area contributed by atoms with Crippen LogP contribution in [0.3, 0.4) is 0 Å². The molecule has 0 aromatic heterocycles. The Bertz CT molecular complexity index is 1210. The Balaban J connectivity index is 0.00000228. The number of benzene rings is 2. The molecule has 0 nitrogen and oxygen atoms in total. The summed E-state index contributed by atoms with van der Waals surface area (Å²) in [7, 11) is 0. The van der Waals surface area contributed by atoms with Gasteiger partial charge in [0.1, 0.15) is 0 Å². The zero-order chi connectivity index (χ0) is 25.0. The maximum atomic E-state index is 2.70. The second kappa shape index (κ2) is 10.7. The van der Waals surface area contributed by atoms with Crippen LogP contribution in [0.4, 0.5) is 0 Å². The van der Waals surface area contributed by atoms with Gasteiger partial charge in [0.2, 0.25) is 0 Å². The maximum Gasteiger partial charge on any atom is -0.147 e. The molecule has 4 heteroatoms. The standard InChI is InChI=1S/2C15H17.2CH3.2ClH.H2Si.Zr/c2*1-15(2,3)14-10-9-13(11-14)12-7-5-4-6-8-12;;;;;;/h2*4-8,11H,10H2,1-3H3;2*1H3;2*1H;1H2;. The molecule has 0 fully saturated rings. The van der Waals surface area contributed by atoms with Crippen LogP contribution in [0, 0.1) is 10.8 Å². The summed E-state index contributed by atoms with van der Waals surface area (Å²) in [6.45, 7) is 16.7. The van der Waals surface area contributed by atoms with Crippen molar-refractivity contribution in [3.63, 3.8) is 0 Å². The predicted molar refractivity (Wildman–Crippen MR) is 166 cm³/mol. The van der Waals surface area contributed by atoms with E-state index in [9.17, 15) is 0 Å². The van der Waals surface area contributed by atoms with Gasteiger partial charge in [-0.15, -0.1) is 24.8 Å². The van der Waals surface area contributed by atoms with Gasteiger partial charge in [-0.05, 0) is 0 Å². The number of hydrogen-bond donors (Lipinski definition) is 0. The number of allylic oxidation sites excluding steroid dienone is 8. The van der Waals surface area contributed by atoms with Gasteiger partial charge in [0, 0.05) is 0 Å². The molecule has 2 aliphatic carbocycles. The van der Waals surface area contributed by atoms with E-state index in [1.807, 2.05) is 0 Å². The van der Waals surface area contributed by atoms with Gasteiger partial charge < -0.3 is 0 Å². The predicted octanol–water partition coefficient (Wildman–Crippen LogP) is 9.74. The van der Waals surface area contributed by atoms with Crippen molar-refractivity contribution in [2.45, 2.75) is 63.6 Å². The van der Waals surface area contributed by atoms with Crippen molar-refractivity contribution in [1.82, 2.24) is 0 Å². The van der Waals surface area contributed by atoms with Gasteiger partial charge in [-0.25, -0.2) is 0 Å². The molecule has 0 aliphatic heterocycles. The first kappa shape index (κ1) is 31.3. The Morgan fingerprint density at radius 2 is 0.889 bits per heavy atom. The molecule has 0 heterocycles. The zero-order valence-electron chi connectivity index (χ0n) is 23.4. The normalized spacial score (nSPS) is 16.9. The average Bonchev–Trinajstić information content (AvgIpc) is 3.41. The molecule has 0 saturated carbocycles. The summed E-state index contributed by atoms with van der Waals surface area (Å²) >= 11 is -3.54. The van der Waals surface area contributed by atoms with E-state index >= 15 is 0 Å². The molecule has 2 aromatic rings. The third-order valence-electron chi connectivity index (χ3n) is 8.05. The Morgan fingerprint density at radius 3 is 1.17 bits per heavy atom. The minimum Gasteiger partial charge on any atom is -0.147 e. The van der Waals surface area contributed by atoms with Crippen LogP contribution in [0.15, 0.2) is 90.5 Å². The quantitative estimate of drug-likeness (QED) is 0.299. The monoisotopic (exact) mass is 616 g/mol. The molecule has 0 saturated heterocycles. The minimum absolute atomic E-state index is 0. The van der Waals surface area contributed by atoms with Crippen LogP contribution in [0.25, 0.3) is 11.1 Å². The van der Waals surface area contributed by atoms with Crippen LogP contribution in [0.1, 0.15) is 65.5 Å². The number of hydrogen-bond acceptors (Lipinski definition) is 0. The number of rotatable bonds is 4. The molecule has 0 amide bonds. The maximum absolute atomic E-state index is 3.54. The van der Waals surface area contributed by atoms with Gasteiger partial charge in [0.15, 0.2) is 0 Å². The Morgan fingerprint density at radius 1 is 0.583 bits per heavy atom. The van der Waals surface area contributed by atoms with E-state index in [1.165, 1.54) is 22.3 Å². The molecular formula is C32H44Cl2SiZr. The molecule has 0 bridgehead atoms. The smallest absolute Gasteiger partial charge is 0.147 e. The summed E-state index contributed by atoms with van der Waals surface area (Å²) in [4.78, 5) is 0. The number of halogens is 2. The summed E-state index contributed by atoms with van der Waals surface area (Å²) in [5.41, 5.74) is 9.34. The molecule has 0 N–H and O–H groups in total. The van der Waals surface area contributed by atoms with Crippen molar-refractivity contribution in [2.24, 2.45) is 10.8 Å². The van der Waals surface area contributed by atoms with E-state index in [2.05, 4.69) is 131 Å². The molecule has 0 atom stereocenters. The van der Waals surface area contributed by atoms with Gasteiger partial charge in [-0.3, -0.25) is 0 Å². The van der Waals surface area contributed by atoms with E-state index < -0.39 is 17.4 Å². The van der Waals surface area contributed by atoms with Gasteiger partial charge in [0.05, 0.1) is 0 Å². The second-order valence-corrected chi connectivity index (χ2v) is 42.1. The van der Waals surface area contributed by atoms with Crippen LogP contribution >= 0.6 is 24.8 Å². The van der Waals surface area contributed by atoms with Crippen molar-refractivity contribution in [1.29, 1.82) is 0 Å². The van der Waals surface area contributed by atoms with E-state index in [-0.39, 0.29) is 35.6 Å². The fraction of sp³-hybridized carbons (Fsp3) is 0.375. The van der Waals surface area contributed by atoms with Crippen molar-refractivity contribution < 1.29 is 17.4 Å². The fourth-order valence-corrected chi connectivity index (χ4v) is 19.2. The van der Waals surface area contributed by atoms with E-state index in [1.54, 1.807) is 17.7 Å². The Kier molecular flexibility index (Phi) is 9.29. The van der Waals surface area contributed by atoms with Crippen LogP contribution in [0.5, 0.6) is 0 Å². The average molecular weight is 619 g/mol. The molecule has 194 valence electrons. The van der Waals surface area contributed by atoms with Crippen molar-refractivity contribution in [3.8, 4) is 0 Å². The minimum atomic E-state index is -3.54. The van der Waals surface area contributed by atoms with Gasteiger partial charge in [-0.2, -0.15) is 0 Å². The first-order valence-electron chi connectivity index (χ1n) is 12.7.